The molecule has 0 atom stereocenters. The van der Waals surface area contributed by atoms with Gasteiger partial charge in [0.05, 0.1) is 5.56 Å². The van der Waals surface area contributed by atoms with E-state index in [-0.39, 0.29) is 22.2 Å². The van der Waals surface area contributed by atoms with Crippen molar-refractivity contribution in [1.82, 2.24) is 0 Å². The van der Waals surface area contributed by atoms with E-state index >= 15 is 0 Å². The Hall–Kier alpha value is -1.15. The summed E-state index contributed by atoms with van der Waals surface area (Å²) in [6.07, 6.45) is 0. The molecule has 0 unspecified atom stereocenters. The van der Waals surface area contributed by atoms with Gasteiger partial charge in [-0.05, 0) is 23.9 Å². The van der Waals surface area contributed by atoms with Gasteiger partial charge in [-0.3, -0.25) is 0 Å². The van der Waals surface area contributed by atoms with Crippen molar-refractivity contribution in [2.24, 2.45) is 0 Å². The first-order valence-corrected chi connectivity index (χ1v) is 4.09. The third kappa shape index (κ3) is 2.99. The summed E-state index contributed by atoms with van der Waals surface area (Å²) in [5.74, 6) is 0. The molecule has 1 nitrogen and oxygen atoms in total. The van der Waals surface area contributed by atoms with Crippen molar-refractivity contribution in [2.75, 3.05) is 0 Å². The molecule has 68 valence electrons. The van der Waals surface area contributed by atoms with Crippen molar-refractivity contribution in [3.05, 3.63) is 29.8 Å². The van der Waals surface area contributed by atoms with Gasteiger partial charge in [0.1, 0.15) is 6.07 Å². The van der Waals surface area contributed by atoms with Crippen LogP contribution in [0, 0.1) is 11.3 Å². The number of nitrogens with zero attached hydrogens (tertiary/aromatic N) is 1. The van der Waals surface area contributed by atoms with E-state index in [4.69, 9.17) is 5.26 Å². The monoisotopic (exact) mass is 203 g/mol. The van der Waals surface area contributed by atoms with Crippen molar-refractivity contribution in [3.8, 4) is 6.07 Å². The average Bonchev–Trinajstić information content (AvgIpc) is 2.02. The van der Waals surface area contributed by atoms with Gasteiger partial charge >= 0.3 is 5.51 Å². The smallest absolute Gasteiger partial charge is 0.192 e. The van der Waals surface area contributed by atoms with Crippen molar-refractivity contribution in [2.45, 2.75) is 10.4 Å². The van der Waals surface area contributed by atoms with Crippen molar-refractivity contribution < 1.29 is 13.2 Å². The number of hydrogen-bond acceptors (Lipinski definition) is 2. The Kier molecular flexibility index (Phi) is 2.83. The minimum absolute atomic E-state index is 0.0461. The Balaban J connectivity index is 2.96. The van der Waals surface area contributed by atoms with Crippen molar-refractivity contribution in [1.29, 1.82) is 5.26 Å². The number of hydrogen-bond donors (Lipinski definition) is 0. The SMILES string of the molecule is N#Cc1ccccc1SC(F)(F)F. The molecule has 0 saturated heterocycles. The summed E-state index contributed by atoms with van der Waals surface area (Å²) in [5, 5.41) is 8.48. The third-order valence-electron chi connectivity index (χ3n) is 1.23. The fourth-order valence-corrected chi connectivity index (χ4v) is 1.39. The summed E-state index contributed by atoms with van der Waals surface area (Å²) in [5.41, 5.74) is -4.29. The molecule has 0 aliphatic heterocycles. The highest BCUT2D eigenvalue weighted by Gasteiger charge is 2.30. The Morgan fingerprint density at radius 1 is 1.23 bits per heavy atom. The maximum atomic E-state index is 11.9. The highest BCUT2D eigenvalue weighted by Crippen LogP contribution is 2.38. The summed E-state index contributed by atoms with van der Waals surface area (Å²) in [6, 6.07) is 7.32. The molecule has 0 aliphatic carbocycles. The summed E-state index contributed by atoms with van der Waals surface area (Å²) in [6.45, 7) is 0. The predicted molar refractivity (Wildman–Crippen MR) is 43.1 cm³/mol. The topological polar surface area (TPSA) is 23.8 Å². The average molecular weight is 203 g/mol. The zero-order valence-corrected chi connectivity index (χ0v) is 7.12. The lowest BCUT2D eigenvalue weighted by Gasteiger charge is -2.05. The van der Waals surface area contributed by atoms with Crippen LogP contribution >= 0.6 is 11.8 Å². The lowest BCUT2D eigenvalue weighted by Crippen LogP contribution is -1.99. The van der Waals surface area contributed by atoms with Crippen molar-refractivity contribution in [3.63, 3.8) is 0 Å². The van der Waals surface area contributed by atoms with E-state index in [2.05, 4.69) is 0 Å². The molecule has 1 rings (SSSR count). The molecule has 1 aromatic carbocycles. The van der Waals surface area contributed by atoms with E-state index < -0.39 is 5.51 Å². The zero-order chi connectivity index (χ0) is 9.90. The van der Waals surface area contributed by atoms with E-state index in [9.17, 15) is 13.2 Å². The summed E-state index contributed by atoms with van der Waals surface area (Å²) in [4.78, 5) is -0.0579. The lowest BCUT2D eigenvalue weighted by atomic mass is 10.2. The van der Waals surface area contributed by atoms with Crippen LogP contribution < -0.4 is 0 Å². The van der Waals surface area contributed by atoms with Gasteiger partial charge in [-0.1, -0.05) is 12.1 Å². The molecule has 0 bridgehead atoms. The molecule has 5 heteroatoms. The molecule has 0 radical (unpaired) electrons. The molecule has 0 aromatic heterocycles. The molecule has 0 N–H and O–H groups in total. The second kappa shape index (κ2) is 3.71. The largest absolute Gasteiger partial charge is 0.446 e. The molecule has 0 saturated carbocycles. The van der Waals surface area contributed by atoms with Gasteiger partial charge in [0.15, 0.2) is 0 Å². The number of benzene rings is 1. The molecule has 0 amide bonds. The van der Waals surface area contributed by atoms with Gasteiger partial charge in [-0.2, -0.15) is 18.4 Å². The minimum Gasteiger partial charge on any atom is -0.192 e. The molecule has 0 spiro atoms. The highest BCUT2D eigenvalue weighted by atomic mass is 32.2. The molecular formula is C8H4F3NS. The van der Waals surface area contributed by atoms with E-state index in [0.717, 1.165) is 0 Å². The van der Waals surface area contributed by atoms with Crippen LogP contribution in [0.3, 0.4) is 0 Å². The van der Waals surface area contributed by atoms with Gasteiger partial charge < -0.3 is 0 Å². The summed E-state index contributed by atoms with van der Waals surface area (Å²) >= 11 is -0.271. The fourth-order valence-electron chi connectivity index (χ4n) is 0.773. The number of alkyl halides is 3. The first-order chi connectivity index (χ1) is 6.03. The lowest BCUT2D eigenvalue weighted by molar-refractivity contribution is -0.0328. The quantitative estimate of drug-likeness (QED) is 0.654. The maximum Gasteiger partial charge on any atom is 0.446 e. The van der Waals surface area contributed by atoms with Crippen LogP contribution in [0.4, 0.5) is 13.2 Å². The van der Waals surface area contributed by atoms with E-state index in [1.54, 1.807) is 6.07 Å². The number of thioether (sulfide) groups is 1. The Morgan fingerprint density at radius 3 is 2.38 bits per heavy atom. The molecule has 0 aliphatic rings. The molecular weight excluding hydrogens is 199 g/mol. The van der Waals surface area contributed by atoms with Crippen LogP contribution in [-0.2, 0) is 0 Å². The first kappa shape index (κ1) is 9.93. The summed E-state index contributed by atoms with van der Waals surface area (Å²) in [7, 11) is 0. The Morgan fingerprint density at radius 2 is 1.85 bits per heavy atom. The van der Waals surface area contributed by atoms with E-state index in [1.165, 1.54) is 24.3 Å². The van der Waals surface area contributed by atoms with Gasteiger partial charge in [0, 0.05) is 4.90 Å². The minimum atomic E-state index is -4.34. The second-order valence-electron chi connectivity index (χ2n) is 2.16. The molecule has 0 heterocycles. The van der Waals surface area contributed by atoms with E-state index in [0.29, 0.717) is 0 Å². The molecule has 0 fully saturated rings. The van der Waals surface area contributed by atoms with Crippen LogP contribution in [0.5, 0.6) is 0 Å². The Labute approximate surface area is 77.2 Å². The number of halogens is 3. The van der Waals surface area contributed by atoms with Crippen LogP contribution in [-0.4, -0.2) is 5.51 Å². The van der Waals surface area contributed by atoms with Crippen LogP contribution in [0.25, 0.3) is 0 Å². The standard InChI is InChI=1S/C8H4F3NS/c9-8(10,11)13-7-4-2-1-3-6(7)5-12/h1-4H. The van der Waals surface area contributed by atoms with Gasteiger partial charge in [0.2, 0.25) is 0 Å². The first-order valence-electron chi connectivity index (χ1n) is 3.28. The molecule has 1 aromatic rings. The normalized spacial score (nSPS) is 10.9. The highest BCUT2D eigenvalue weighted by molar-refractivity contribution is 8.00. The predicted octanol–water partition coefficient (Wildman–Crippen LogP) is 3.17. The van der Waals surface area contributed by atoms with Crippen LogP contribution in [0.15, 0.2) is 29.2 Å². The maximum absolute atomic E-state index is 11.9. The van der Waals surface area contributed by atoms with Crippen molar-refractivity contribution >= 4 is 11.8 Å². The van der Waals surface area contributed by atoms with Crippen LogP contribution in [0.1, 0.15) is 5.56 Å². The van der Waals surface area contributed by atoms with Gasteiger partial charge in [-0.25, -0.2) is 0 Å². The number of nitriles is 1. The van der Waals surface area contributed by atoms with Gasteiger partial charge in [-0.15, -0.1) is 0 Å². The second-order valence-corrected chi connectivity index (χ2v) is 3.26. The zero-order valence-electron chi connectivity index (χ0n) is 6.30. The van der Waals surface area contributed by atoms with E-state index in [1.807, 2.05) is 0 Å². The number of rotatable bonds is 1. The van der Waals surface area contributed by atoms with Gasteiger partial charge in [0.25, 0.3) is 0 Å². The summed E-state index contributed by atoms with van der Waals surface area (Å²) < 4.78 is 35.7. The molecule has 13 heavy (non-hydrogen) atoms. The Bertz CT molecular complexity index is 340. The van der Waals surface area contributed by atoms with Crippen LogP contribution in [0.2, 0.25) is 0 Å². The fraction of sp³-hybridized carbons (Fsp3) is 0.125. The third-order valence-corrected chi connectivity index (χ3v) is 2.04.